The van der Waals surface area contributed by atoms with E-state index in [9.17, 15) is 0 Å². The van der Waals surface area contributed by atoms with Crippen LogP contribution >= 0.6 is 0 Å². The highest BCUT2D eigenvalue weighted by atomic mass is 15.2. The summed E-state index contributed by atoms with van der Waals surface area (Å²) in [4.78, 5) is 2.79. The van der Waals surface area contributed by atoms with E-state index in [1.54, 1.807) is 0 Å². The highest BCUT2D eigenvalue weighted by Crippen LogP contribution is 2.50. The lowest BCUT2D eigenvalue weighted by Gasteiger charge is -2.41. The third kappa shape index (κ3) is 2.68. The molecule has 2 unspecified atom stereocenters. The second-order valence-electron chi connectivity index (χ2n) is 6.88. The molecule has 2 saturated carbocycles. The van der Waals surface area contributed by atoms with Crippen molar-refractivity contribution in [3.63, 3.8) is 0 Å². The standard InChI is InChI=1S/C15H28N2/c1-3-6-15(7-8-15)11-17-10-14(13-4-5-13)16-9-12(17)2/h12-14,16H,3-11H2,1-2H3. The van der Waals surface area contributed by atoms with Crippen molar-refractivity contribution in [3.05, 3.63) is 0 Å². The first-order chi connectivity index (χ1) is 8.22. The van der Waals surface area contributed by atoms with Crippen LogP contribution in [0.25, 0.3) is 0 Å². The maximum absolute atomic E-state index is 3.76. The number of nitrogens with one attached hydrogen (secondary N) is 1. The van der Waals surface area contributed by atoms with E-state index in [4.69, 9.17) is 0 Å². The molecule has 3 rings (SSSR count). The highest BCUT2D eigenvalue weighted by Gasteiger charge is 2.45. The second-order valence-corrected chi connectivity index (χ2v) is 6.88. The molecular formula is C15H28N2. The fourth-order valence-corrected chi connectivity index (χ4v) is 3.61. The van der Waals surface area contributed by atoms with E-state index < -0.39 is 0 Å². The van der Waals surface area contributed by atoms with Crippen molar-refractivity contribution in [2.75, 3.05) is 19.6 Å². The maximum Gasteiger partial charge on any atom is 0.0224 e. The second kappa shape index (κ2) is 4.55. The van der Waals surface area contributed by atoms with E-state index in [2.05, 4.69) is 24.1 Å². The first-order valence-electron chi connectivity index (χ1n) is 7.70. The fourth-order valence-electron chi connectivity index (χ4n) is 3.61. The average molecular weight is 236 g/mol. The van der Waals surface area contributed by atoms with Crippen molar-refractivity contribution in [1.29, 1.82) is 0 Å². The van der Waals surface area contributed by atoms with Crippen molar-refractivity contribution in [2.24, 2.45) is 11.3 Å². The molecule has 0 amide bonds. The van der Waals surface area contributed by atoms with Crippen LogP contribution in [0.4, 0.5) is 0 Å². The summed E-state index contributed by atoms with van der Waals surface area (Å²) in [7, 11) is 0. The SMILES string of the molecule is CCCC1(CN2CC(C3CC3)NCC2C)CC1. The molecule has 0 spiro atoms. The van der Waals surface area contributed by atoms with Gasteiger partial charge in [0.2, 0.25) is 0 Å². The molecule has 2 atom stereocenters. The van der Waals surface area contributed by atoms with Gasteiger partial charge in [0.1, 0.15) is 0 Å². The van der Waals surface area contributed by atoms with Crippen molar-refractivity contribution in [2.45, 2.75) is 64.5 Å². The third-order valence-corrected chi connectivity index (χ3v) is 5.20. The monoisotopic (exact) mass is 236 g/mol. The Morgan fingerprint density at radius 3 is 2.65 bits per heavy atom. The molecule has 17 heavy (non-hydrogen) atoms. The molecule has 2 heteroatoms. The lowest BCUT2D eigenvalue weighted by molar-refractivity contribution is 0.104. The number of piperazine rings is 1. The summed E-state index contributed by atoms with van der Waals surface area (Å²) >= 11 is 0. The zero-order valence-electron chi connectivity index (χ0n) is 11.5. The van der Waals surface area contributed by atoms with Crippen LogP contribution in [0.5, 0.6) is 0 Å². The van der Waals surface area contributed by atoms with Gasteiger partial charge in [-0.1, -0.05) is 13.3 Å². The maximum atomic E-state index is 3.76. The van der Waals surface area contributed by atoms with Gasteiger partial charge in [-0.25, -0.2) is 0 Å². The minimum absolute atomic E-state index is 0.731. The Morgan fingerprint density at radius 2 is 2.06 bits per heavy atom. The Balaban J connectivity index is 1.56. The summed E-state index contributed by atoms with van der Waals surface area (Å²) in [6, 6.07) is 1.56. The molecule has 1 aliphatic heterocycles. The minimum Gasteiger partial charge on any atom is -0.311 e. The van der Waals surface area contributed by atoms with Crippen LogP contribution in [0.1, 0.15) is 52.4 Å². The van der Waals surface area contributed by atoms with Crippen LogP contribution < -0.4 is 5.32 Å². The minimum atomic E-state index is 0.731. The lowest BCUT2D eigenvalue weighted by atomic mass is 9.97. The average Bonchev–Trinajstić information content (AvgIpc) is 3.16. The van der Waals surface area contributed by atoms with Crippen LogP contribution in [0.3, 0.4) is 0 Å². The molecule has 1 heterocycles. The van der Waals surface area contributed by atoms with Gasteiger partial charge in [-0.05, 0) is 50.4 Å². The highest BCUT2D eigenvalue weighted by molar-refractivity contribution is 4.99. The van der Waals surface area contributed by atoms with Gasteiger partial charge in [-0.2, -0.15) is 0 Å². The topological polar surface area (TPSA) is 15.3 Å². The molecule has 0 aromatic carbocycles. The molecular weight excluding hydrogens is 208 g/mol. The molecule has 2 nitrogen and oxygen atoms in total. The van der Waals surface area contributed by atoms with Gasteiger partial charge in [0, 0.05) is 31.7 Å². The quantitative estimate of drug-likeness (QED) is 0.789. The van der Waals surface area contributed by atoms with Gasteiger partial charge >= 0.3 is 0 Å². The fraction of sp³-hybridized carbons (Fsp3) is 1.00. The molecule has 3 fully saturated rings. The predicted molar refractivity (Wildman–Crippen MR) is 72.1 cm³/mol. The molecule has 0 aromatic rings. The normalized spacial score (nSPS) is 37.1. The van der Waals surface area contributed by atoms with E-state index in [-0.39, 0.29) is 0 Å². The summed E-state index contributed by atoms with van der Waals surface area (Å²) in [5.74, 6) is 1.01. The van der Waals surface area contributed by atoms with Crippen LogP contribution in [0, 0.1) is 11.3 Å². The van der Waals surface area contributed by atoms with E-state index >= 15 is 0 Å². The largest absolute Gasteiger partial charge is 0.311 e. The first kappa shape index (κ1) is 12.0. The number of nitrogens with zero attached hydrogens (tertiary/aromatic N) is 1. The van der Waals surface area contributed by atoms with E-state index in [1.165, 1.54) is 58.2 Å². The molecule has 0 radical (unpaired) electrons. The summed E-state index contributed by atoms with van der Waals surface area (Å²) in [6.45, 7) is 8.65. The van der Waals surface area contributed by atoms with Gasteiger partial charge in [0.25, 0.3) is 0 Å². The predicted octanol–water partition coefficient (Wildman–Crippen LogP) is 2.64. The summed E-state index contributed by atoms with van der Waals surface area (Å²) in [6.07, 6.45) is 8.75. The molecule has 0 aromatic heterocycles. The Kier molecular flexibility index (Phi) is 3.20. The van der Waals surface area contributed by atoms with Gasteiger partial charge in [-0.15, -0.1) is 0 Å². The molecule has 3 aliphatic rings. The Morgan fingerprint density at radius 1 is 1.29 bits per heavy atom. The van der Waals surface area contributed by atoms with Crippen LogP contribution in [0.2, 0.25) is 0 Å². The van der Waals surface area contributed by atoms with Crippen molar-refractivity contribution in [1.82, 2.24) is 10.2 Å². The molecule has 1 saturated heterocycles. The van der Waals surface area contributed by atoms with Gasteiger partial charge in [-0.3, -0.25) is 4.90 Å². The van der Waals surface area contributed by atoms with E-state index in [0.29, 0.717) is 0 Å². The molecule has 0 bridgehead atoms. The number of hydrogen-bond acceptors (Lipinski definition) is 2. The summed E-state index contributed by atoms with van der Waals surface area (Å²) in [5.41, 5.74) is 0.731. The van der Waals surface area contributed by atoms with Gasteiger partial charge in [0.05, 0.1) is 0 Å². The summed E-state index contributed by atoms with van der Waals surface area (Å²) in [5, 5.41) is 3.76. The Labute approximate surface area is 106 Å². The van der Waals surface area contributed by atoms with Crippen LogP contribution in [0.15, 0.2) is 0 Å². The molecule has 2 aliphatic carbocycles. The van der Waals surface area contributed by atoms with E-state index in [1.807, 2.05) is 0 Å². The first-order valence-corrected chi connectivity index (χ1v) is 7.70. The van der Waals surface area contributed by atoms with Crippen molar-refractivity contribution >= 4 is 0 Å². The third-order valence-electron chi connectivity index (χ3n) is 5.20. The van der Waals surface area contributed by atoms with Crippen molar-refractivity contribution in [3.8, 4) is 0 Å². The Bertz CT molecular complexity index is 268. The van der Waals surface area contributed by atoms with Crippen molar-refractivity contribution < 1.29 is 0 Å². The van der Waals surface area contributed by atoms with Gasteiger partial charge in [0.15, 0.2) is 0 Å². The Hall–Kier alpha value is -0.0800. The van der Waals surface area contributed by atoms with Gasteiger partial charge < -0.3 is 5.32 Å². The molecule has 98 valence electrons. The number of rotatable bonds is 5. The number of hydrogen-bond donors (Lipinski definition) is 1. The van der Waals surface area contributed by atoms with Crippen LogP contribution in [-0.2, 0) is 0 Å². The van der Waals surface area contributed by atoms with E-state index in [0.717, 1.165) is 23.4 Å². The smallest absolute Gasteiger partial charge is 0.0224 e. The molecule has 1 N–H and O–H groups in total. The zero-order valence-corrected chi connectivity index (χ0v) is 11.5. The van der Waals surface area contributed by atoms with Crippen LogP contribution in [-0.4, -0.2) is 36.6 Å². The lowest BCUT2D eigenvalue weighted by Crippen LogP contribution is -2.57. The summed E-state index contributed by atoms with van der Waals surface area (Å²) < 4.78 is 0. The zero-order chi connectivity index (χ0) is 11.9.